The summed E-state index contributed by atoms with van der Waals surface area (Å²) in [5.74, 6) is 0.841. The Balaban J connectivity index is 2.20. The minimum absolute atomic E-state index is 0.469. The van der Waals surface area contributed by atoms with Gasteiger partial charge in [-0.05, 0) is 23.8 Å². The Kier molecular flexibility index (Phi) is 3.86. The molecule has 0 saturated heterocycles. The van der Waals surface area contributed by atoms with Crippen LogP contribution in [-0.4, -0.2) is 14.7 Å². The predicted molar refractivity (Wildman–Crippen MR) is 71.0 cm³/mol. The fraction of sp³-hybridized carbons (Fsp3) is 0.250. The van der Waals surface area contributed by atoms with Crippen molar-refractivity contribution >= 4 is 27.5 Å². The smallest absolute Gasteiger partial charge is 0.111 e. The lowest BCUT2D eigenvalue weighted by Gasteiger charge is -2.11. The van der Waals surface area contributed by atoms with E-state index in [9.17, 15) is 5.11 Å². The van der Waals surface area contributed by atoms with Crippen LogP contribution < -0.4 is 0 Å². The zero-order chi connectivity index (χ0) is 12.4. The van der Waals surface area contributed by atoms with Gasteiger partial charge in [0, 0.05) is 35.4 Å². The van der Waals surface area contributed by atoms with Crippen LogP contribution in [0.3, 0.4) is 0 Å². The van der Waals surface area contributed by atoms with Crippen molar-refractivity contribution in [3.8, 4) is 0 Å². The number of aliphatic hydroxyl groups is 1. The summed E-state index contributed by atoms with van der Waals surface area (Å²) < 4.78 is 2.75. The lowest BCUT2D eigenvalue weighted by Crippen LogP contribution is -2.06. The molecule has 3 nitrogen and oxygen atoms in total. The van der Waals surface area contributed by atoms with Crippen molar-refractivity contribution in [2.75, 3.05) is 0 Å². The quantitative estimate of drug-likeness (QED) is 0.945. The van der Waals surface area contributed by atoms with Gasteiger partial charge in [-0.25, -0.2) is 4.98 Å². The normalized spacial score (nSPS) is 12.7. The molecule has 2 aromatic rings. The molecule has 0 fully saturated rings. The second kappa shape index (κ2) is 5.21. The second-order valence-electron chi connectivity index (χ2n) is 3.88. The van der Waals surface area contributed by atoms with Crippen molar-refractivity contribution in [3.05, 3.63) is 51.5 Å². The van der Waals surface area contributed by atoms with Crippen LogP contribution in [0.25, 0.3) is 0 Å². The number of hydrogen-bond acceptors (Lipinski definition) is 2. The molecule has 5 heteroatoms. The minimum atomic E-state index is -0.605. The Labute approximate surface area is 113 Å². The topological polar surface area (TPSA) is 38.0 Å². The zero-order valence-electron chi connectivity index (χ0n) is 9.27. The number of aromatic nitrogens is 2. The van der Waals surface area contributed by atoms with Crippen molar-refractivity contribution in [1.29, 1.82) is 0 Å². The van der Waals surface area contributed by atoms with E-state index in [1.54, 1.807) is 18.3 Å². The third-order valence-electron chi connectivity index (χ3n) is 2.57. The second-order valence-corrected chi connectivity index (χ2v) is 5.23. The van der Waals surface area contributed by atoms with Gasteiger partial charge in [0.1, 0.15) is 5.82 Å². The van der Waals surface area contributed by atoms with Crippen LogP contribution in [0.2, 0.25) is 5.02 Å². The van der Waals surface area contributed by atoms with Gasteiger partial charge in [-0.2, -0.15) is 0 Å². The Morgan fingerprint density at radius 3 is 2.82 bits per heavy atom. The lowest BCUT2D eigenvalue weighted by molar-refractivity contribution is 0.175. The molecule has 17 heavy (non-hydrogen) atoms. The molecule has 0 bridgehead atoms. The van der Waals surface area contributed by atoms with E-state index in [2.05, 4.69) is 20.9 Å². The first-order valence-corrected chi connectivity index (χ1v) is 6.33. The van der Waals surface area contributed by atoms with Crippen molar-refractivity contribution < 1.29 is 5.11 Å². The van der Waals surface area contributed by atoms with Gasteiger partial charge in [0.15, 0.2) is 0 Å². The van der Waals surface area contributed by atoms with Crippen LogP contribution in [0.5, 0.6) is 0 Å². The van der Waals surface area contributed by atoms with Gasteiger partial charge in [0.05, 0.1) is 6.10 Å². The number of rotatable bonds is 3. The average Bonchev–Trinajstić information content (AvgIpc) is 2.63. The Bertz CT molecular complexity index is 507. The van der Waals surface area contributed by atoms with E-state index in [1.807, 2.05) is 23.9 Å². The number of aliphatic hydroxyl groups excluding tert-OH is 1. The molecule has 1 aromatic carbocycles. The SMILES string of the molecule is Cn1ccnc1CC(O)c1cc(Cl)cc(Br)c1. The molecule has 0 amide bonds. The van der Waals surface area contributed by atoms with Crippen molar-refractivity contribution in [1.82, 2.24) is 9.55 Å². The molecule has 0 aliphatic rings. The summed E-state index contributed by atoms with van der Waals surface area (Å²) in [7, 11) is 1.91. The standard InChI is InChI=1S/C12H12BrClN2O/c1-16-3-2-15-12(16)7-11(17)8-4-9(13)6-10(14)5-8/h2-6,11,17H,7H2,1H3. The number of hydrogen-bond donors (Lipinski definition) is 1. The third-order valence-corrected chi connectivity index (χ3v) is 3.24. The van der Waals surface area contributed by atoms with Gasteiger partial charge in [-0.15, -0.1) is 0 Å². The van der Waals surface area contributed by atoms with E-state index in [1.165, 1.54) is 0 Å². The maximum atomic E-state index is 10.1. The van der Waals surface area contributed by atoms with Gasteiger partial charge >= 0.3 is 0 Å². The summed E-state index contributed by atoms with van der Waals surface area (Å²) in [6.45, 7) is 0. The molecule has 1 N–H and O–H groups in total. The molecule has 0 spiro atoms. The summed E-state index contributed by atoms with van der Waals surface area (Å²) >= 11 is 9.30. The summed E-state index contributed by atoms with van der Waals surface area (Å²) in [5, 5.41) is 10.7. The molecule has 1 unspecified atom stereocenters. The molecule has 0 aliphatic heterocycles. The monoisotopic (exact) mass is 314 g/mol. The molecule has 2 rings (SSSR count). The van der Waals surface area contributed by atoms with Gasteiger partial charge in [-0.1, -0.05) is 27.5 Å². The highest BCUT2D eigenvalue weighted by molar-refractivity contribution is 9.10. The van der Waals surface area contributed by atoms with E-state index in [4.69, 9.17) is 11.6 Å². The van der Waals surface area contributed by atoms with Crippen LogP contribution in [0, 0.1) is 0 Å². The van der Waals surface area contributed by atoms with Gasteiger partial charge in [-0.3, -0.25) is 0 Å². The average molecular weight is 316 g/mol. The zero-order valence-corrected chi connectivity index (χ0v) is 11.6. The van der Waals surface area contributed by atoms with E-state index in [0.717, 1.165) is 15.9 Å². The lowest BCUT2D eigenvalue weighted by atomic mass is 10.1. The first kappa shape index (κ1) is 12.6. The maximum absolute atomic E-state index is 10.1. The van der Waals surface area contributed by atoms with E-state index in [0.29, 0.717) is 11.4 Å². The van der Waals surface area contributed by atoms with E-state index >= 15 is 0 Å². The molecule has 1 heterocycles. The van der Waals surface area contributed by atoms with Crippen LogP contribution in [0.1, 0.15) is 17.5 Å². The van der Waals surface area contributed by atoms with Crippen LogP contribution >= 0.6 is 27.5 Å². The van der Waals surface area contributed by atoms with Gasteiger partial charge in [0.2, 0.25) is 0 Å². The molecule has 90 valence electrons. The molecule has 1 aromatic heterocycles. The van der Waals surface area contributed by atoms with E-state index < -0.39 is 6.10 Å². The molecule has 0 radical (unpaired) electrons. The molecule has 0 saturated carbocycles. The van der Waals surface area contributed by atoms with Crippen LogP contribution in [0.4, 0.5) is 0 Å². The molecular weight excluding hydrogens is 304 g/mol. The first-order valence-electron chi connectivity index (χ1n) is 5.16. The Hall–Kier alpha value is -0.840. The summed E-state index contributed by atoms with van der Waals surface area (Å²) in [6, 6.07) is 5.41. The highest BCUT2D eigenvalue weighted by Gasteiger charge is 2.12. The number of benzene rings is 1. The number of nitrogens with zero attached hydrogens (tertiary/aromatic N) is 2. The Morgan fingerprint density at radius 2 is 2.24 bits per heavy atom. The fourth-order valence-electron chi connectivity index (χ4n) is 1.65. The van der Waals surface area contributed by atoms with Crippen LogP contribution in [0.15, 0.2) is 35.1 Å². The van der Waals surface area contributed by atoms with Gasteiger partial charge in [0.25, 0.3) is 0 Å². The van der Waals surface area contributed by atoms with Crippen LogP contribution in [-0.2, 0) is 13.5 Å². The number of halogens is 2. The molecule has 1 atom stereocenters. The van der Waals surface area contributed by atoms with Crippen molar-refractivity contribution in [2.24, 2.45) is 7.05 Å². The highest BCUT2D eigenvalue weighted by Crippen LogP contribution is 2.25. The summed E-state index contributed by atoms with van der Waals surface area (Å²) in [4.78, 5) is 4.18. The molecular formula is C12H12BrClN2O. The molecule has 0 aliphatic carbocycles. The largest absolute Gasteiger partial charge is 0.388 e. The fourth-order valence-corrected chi connectivity index (χ4v) is 2.54. The third kappa shape index (κ3) is 3.09. The highest BCUT2D eigenvalue weighted by atomic mass is 79.9. The predicted octanol–water partition coefficient (Wildman–Crippen LogP) is 3.11. The van der Waals surface area contributed by atoms with Crippen molar-refractivity contribution in [3.63, 3.8) is 0 Å². The Morgan fingerprint density at radius 1 is 1.47 bits per heavy atom. The number of imidazole rings is 1. The van der Waals surface area contributed by atoms with Gasteiger partial charge < -0.3 is 9.67 Å². The summed E-state index contributed by atoms with van der Waals surface area (Å²) in [6.07, 6.45) is 3.44. The first-order chi connectivity index (χ1) is 8.06. The maximum Gasteiger partial charge on any atom is 0.111 e. The number of aryl methyl sites for hydroxylation is 1. The van der Waals surface area contributed by atoms with Crippen molar-refractivity contribution in [2.45, 2.75) is 12.5 Å². The minimum Gasteiger partial charge on any atom is -0.388 e. The van der Waals surface area contributed by atoms with E-state index in [-0.39, 0.29) is 0 Å². The summed E-state index contributed by atoms with van der Waals surface area (Å²) in [5.41, 5.74) is 0.785.